The number of rotatable bonds is 6. The number of nitrogens with one attached hydrogen (secondary N) is 1. The third-order valence-corrected chi connectivity index (χ3v) is 3.69. The molecule has 0 aliphatic heterocycles. The molecule has 136 valence electrons. The Kier molecular flexibility index (Phi) is 6.74. The van der Waals surface area contributed by atoms with Crippen molar-refractivity contribution in [1.29, 1.82) is 0 Å². The lowest BCUT2D eigenvalue weighted by molar-refractivity contribution is -0.129. The van der Waals surface area contributed by atoms with Crippen molar-refractivity contribution >= 4 is 35.2 Å². The maximum absolute atomic E-state index is 13.1. The van der Waals surface area contributed by atoms with E-state index in [1.807, 2.05) is 0 Å². The largest absolute Gasteiger partial charge is 0.495 e. The van der Waals surface area contributed by atoms with Crippen molar-refractivity contribution in [2.45, 2.75) is 0 Å². The monoisotopic (exact) mass is 376 g/mol. The highest BCUT2D eigenvalue weighted by molar-refractivity contribution is 6.31. The molecule has 2 aromatic carbocycles. The summed E-state index contributed by atoms with van der Waals surface area (Å²) in [6.07, 6.45) is 2.77. The summed E-state index contributed by atoms with van der Waals surface area (Å²) in [5, 5.41) is 3.10. The van der Waals surface area contributed by atoms with E-state index in [-0.39, 0.29) is 18.3 Å². The number of benzene rings is 2. The van der Waals surface area contributed by atoms with Crippen molar-refractivity contribution in [1.82, 2.24) is 4.90 Å². The minimum Gasteiger partial charge on any atom is -0.495 e. The van der Waals surface area contributed by atoms with Crippen molar-refractivity contribution in [2.24, 2.45) is 0 Å². The number of hydrogen-bond acceptors (Lipinski definition) is 3. The fraction of sp³-hybridized carbons (Fsp3) is 0.158. The lowest BCUT2D eigenvalue weighted by Gasteiger charge is -2.16. The Morgan fingerprint density at radius 2 is 2.04 bits per heavy atom. The van der Waals surface area contributed by atoms with E-state index < -0.39 is 5.91 Å². The third-order valence-electron chi connectivity index (χ3n) is 3.46. The highest BCUT2D eigenvalue weighted by Crippen LogP contribution is 2.27. The molecular formula is C19H18ClFN2O3. The molecule has 2 rings (SSSR count). The van der Waals surface area contributed by atoms with Crippen LogP contribution in [0.2, 0.25) is 5.02 Å². The van der Waals surface area contributed by atoms with Crippen LogP contribution in [-0.4, -0.2) is 37.4 Å². The number of anilines is 1. The predicted octanol–water partition coefficient (Wildman–Crippen LogP) is 3.60. The van der Waals surface area contributed by atoms with Crippen LogP contribution < -0.4 is 10.1 Å². The second kappa shape index (κ2) is 9.01. The number of nitrogens with zero attached hydrogens (tertiary/aromatic N) is 1. The standard InChI is InChI=1S/C19H18ClFN2O3/c1-23(19(25)9-6-13-4-3-5-15(21)10-13)12-18(24)22-16-11-14(20)7-8-17(16)26-2/h3-11H,12H2,1-2H3,(H,22,24)/b9-6+. The summed E-state index contributed by atoms with van der Waals surface area (Å²) in [6, 6.07) is 10.7. The first kappa shape index (κ1) is 19.5. The van der Waals surface area contributed by atoms with Crippen molar-refractivity contribution in [3.63, 3.8) is 0 Å². The summed E-state index contributed by atoms with van der Waals surface area (Å²) in [6.45, 7) is -0.165. The van der Waals surface area contributed by atoms with Gasteiger partial charge in [-0.25, -0.2) is 4.39 Å². The van der Waals surface area contributed by atoms with Crippen molar-refractivity contribution in [3.05, 3.63) is 64.9 Å². The van der Waals surface area contributed by atoms with Gasteiger partial charge in [0.1, 0.15) is 11.6 Å². The van der Waals surface area contributed by atoms with E-state index in [4.69, 9.17) is 16.3 Å². The van der Waals surface area contributed by atoms with Gasteiger partial charge in [-0.15, -0.1) is 0 Å². The Morgan fingerprint density at radius 3 is 2.73 bits per heavy atom. The van der Waals surface area contributed by atoms with Crippen molar-refractivity contribution in [2.75, 3.05) is 26.0 Å². The molecule has 0 radical (unpaired) electrons. The van der Waals surface area contributed by atoms with Gasteiger partial charge < -0.3 is 15.0 Å². The van der Waals surface area contributed by atoms with Crippen LogP contribution in [-0.2, 0) is 9.59 Å². The van der Waals surface area contributed by atoms with Gasteiger partial charge in [0.15, 0.2) is 0 Å². The van der Waals surface area contributed by atoms with E-state index >= 15 is 0 Å². The number of carbonyl (C=O) groups excluding carboxylic acids is 2. The van der Waals surface area contributed by atoms with Crippen LogP contribution in [0.1, 0.15) is 5.56 Å². The zero-order valence-corrected chi connectivity index (χ0v) is 15.1. The Balaban J connectivity index is 1.96. The van der Waals surface area contributed by atoms with Gasteiger partial charge in [0.2, 0.25) is 11.8 Å². The van der Waals surface area contributed by atoms with Crippen LogP contribution in [0.3, 0.4) is 0 Å². The Morgan fingerprint density at radius 1 is 1.27 bits per heavy atom. The molecule has 0 spiro atoms. The molecule has 5 nitrogen and oxygen atoms in total. The van der Waals surface area contributed by atoms with Crippen LogP contribution in [0.25, 0.3) is 6.08 Å². The van der Waals surface area contributed by atoms with Gasteiger partial charge in [-0.05, 0) is 42.0 Å². The first-order chi connectivity index (χ1) is 12.4. The fourth-order valence-electron chi connectivity index (χ4n) is 2.17. The first-order valence-electron chi connectivity index (χ1n) is 7.71. The zero-order valence-electron chi connectivity index (χ0n) is 14.3. The highest BCUT2D eigenvalue weighted by atomic mass is 35.5. The van der Waals surface area contributed by atoms with E-state index in [1.54, 1.807) is 30.3 Å². The van der Waals surface area contributed by atoms with Crippen molar-refractivity contribution in [3.8, 4) is 5.75 Å². The van der Waals surface area contributed by atoms with Gasteiger partial charge in [0.05, 0.1) is 19.3 Å². The van der Waals surface area contributed by atoms with Gasteiger partial charge in [0.25, 0.3) is 0 Å². The fourth-order valence-corrected chi connectivity index (χ4v) is 2.34. The number of amides is 2. The maximum Gasteiger partial charge on any atom is 0.246 e. The average Bonchev–Trinajstić information content (AvgIpc) is 2.59. The average molecular weight is 377 g/mol. The first-order valence-corrected chi connectivity index (χ1v) is 8.09. The molecule has 0 heterocycles. The zero-order chi connectivity index (χ0) is 19.1. The lowest BCUT2D eigenvalue weighted by Crippen LogP contribution is -2.33. The number of halogens is 2. The number of carbonyl (C=O) groups is 2. The summed E-state index contributed by atoms with van der Waals surface area (Å²) in [4.78, 5) is 25.5. The molecule has 2 aromatic rings. The minimum atomic E-state index is -0.402. The SMILES string of the molecule is COc1ccc(Cl)cc1NC(=O)CN(C)C(=O)/C=C/c1cccc(F)c1. The summed E-state index contributed by atoms with van der Waals surface area (Å²) < 4.78 is 18.3. The second-order valence-corrected chi connectivity index (χ2v) is 5.91. The second-order valence-electron chi connectivity index (χ2n) is 5.48. The van der Waals surface area contributed by atoms with E-state index in [2.05, 4.69) is 5.32 Å². The maximum atomic E-state index is 13.1. The van der Waals surface area contributed by atoms with Crippen LogP contribution in [0.4, 0.5) is 10.1 Å². The normalized spacial score (nSPS) is 10.6. The summed E-state index contributed by atoms with van der Waals surface area (Å²) in [7, 11) is 2.97. The summed E-state index contributed by atoms with van der Waals surface area (Å²) in [5.74, 6) is -0.714. The van der Waals surface area contributed by atoms with Crippen LogP contribution >= 0.6 is 11.6 Å². The summed E-state index contributed by atoms with van der Waals surface area (Å²) >= 11 is 5.92. The Labute approximate surface area is 156 Å². The number of ether oxygens (including phenoxy) is 1. The Bertz CT molecular complexity index is 839. The van der Waals surface area contributed by atoms with E-state index in [0.717, 1.165) is 0 Å². The minimum absolute atomic E-state index is 0.165. The van der Waals surface area contributed by atoms with Crippen molar-refractivity contribution < 1.29 is 18.7 Å². The molecule has 2 amide bonds. The smallest absolute Gasteiger partial charge is 0.246 e. The Hall–Kier alpha value is -2.86. The topological polar surface area (TPSA) is 58.6 Å². The molecule has 0 aliphatic carbocycles. The molecule has 0 atom stereocenters. The van der Waals surface area contributed by atoms with E-state index in [0.29, 0.717) is 22.0 Å². The van der Waals surface area contributed by atoms with Crippen LogP contribution in [0.15, 0.2) is 48.5 Å². The summed E-state index contributed by atoms with van der Waals surface area (Å²) in [5.41, 5.74) is 0.973. The molecular weight excluding hydrogens is 359 g/mol. The molecule has 0 bridgehead atoms. The molecule has 26 heavy (non-hydrogen) atoms. The number of likely N-dealkylation sites (N-methyl/N-ethyl adjacent to an activating group) is 1. The molecule has 0 fully saturated rings. The van der Waals surface area contributed by atoms with E-state index in [9.17, 15) is 14.0 Å². The van der Waals surface area contributed by atoms with Gasteiger partial charge in [-0.2, -0.15) is 0 Å². The highest BCUT2D eigenvalue weighted by Gasteiger charge is 2.13. The quantitative estimate of drug-likeness (QED) is 0.784. The molecule has 7 heteroatoms. The van der Waals surface area contributed by atoms with Gasteiger partial charge in [-0.1, -0.05) is 23.7 Å². The van der Waals surface area contributed by atoms with E-state index in [1.165, 1.54) is 43.3 Å². The van der Waals surface area contributed by atoms with Gasteiger partial charge in [-0.3, -0.25) is 9.59 Å². The van der Waals surface area contributed by atoms with Gasteiger partial charge >= 0.3 is 0 Å². The van der Waals surface area contributed by atoms with Gasteiger partial charge in [0, 0.05) is 18.1 Å². The predicted molar refractivity (Wildman–Crippen MR) is 99.7 cm³/mol. The molecule has 0 aliphatic rings. The molecule has 0 unspecified atom stereocenters. The lowest BCUT2D eigenvalue weighted by atomic mass is 10.2. The molecule has 1 N–H and O–H groups in total. The molecule has 0 saturated carbocycles. The third kappa shape index (κ3) is 5.60. The van der Waals surface area contributed by atoms with Crippen LogP contribution in [0.5, 0.6) is 5.75 Å². The van der Waals surface area contributed by atoms with Crippen LogP contribution in [0, 0.1) is 5.82 Å². The number of hydrogen-bond donors (Lipinski definition) is 1. The number of methoxy groups -OCH3 is 1. The molecule has 0 aromatic heterocycles. The molecule has 0 saturated heterocycles.